The van der Waals surface area contributed by atoms with Crippen LogP contribution >= 0.6 is 0 Å². The van der Waals surface area contributed by atoms with Crippen LogP contribution in [0.1, 0.15) is 62.0 Å². The number of aromatic nitrogens is 1. The van der Waals surface area contributed by atoms with Crippen molar-refractivity contribution in [3.05, 3.63) is 93.3 Å². The van der Waals surface area contributed by atoms with Gasteiger partial charge in [0, 0.05) is 12.1 Å². The minimum absolute atomic E-state index is 0.0627. The molecular formula is C29H33F2N3O4. The van der Waals surface area contributed by atoms with Crippen LogP contribution in [-0.4, -0.2) is 34.5 Å². The molecular weight excluding hydrogens is 492 g/mol. The highest BCUT2D eigenvalue weighted by atomic mass is 19.1. The molecule has 3 N–H and O–H groups in total. The number of carbonyl (C=O) groups is 2. The molecule has 202 valence electrons. The monoisotopic (exact) mass is 525 g/mol. The number of anilines is 1. The van der Waals surface area contributed by atoms with Crippen molar-refractivity contribution in [2.24, 2.45) is 0 Å². The SMILES string of the molecule is C[C@H](NCCCCc1ccc(-n2c(N)c(C(=O)c3ccc(F)cc3F)ccc2=O)cc1)C(=O)OC(C)(C)C. The standard InChI is InChI=1S/C29H33F2N3O4/c1-18(28(37)38-29(2,3)4)33-16-6-5-7-19-8-11-21(12-9-19)34-25(35)15-14-23(27(34)32)26(36)22-13-10-20(30)17-24(22)31/h8-15,17-18,33H,5-7,16,32H2,1-4H3/t18-/m0/s1. The van der Waals surface area contributed by atoms with Crippen molar-refractivity contribution in [3.63, 3.8) is 0 Å². The highest BCUT2D eigenvalue weighted by Crippen LogP contribution is 2.21. The molecule has 0 aliphatic carbocycles. The normalized spacial score (nSPS) is 12.3. The second-order valence-corrected chi connectivity index (χ2v) is 10.1. The summed E-state index contributed by atoms with van der Waals surface area (Å²) in [6.45, 7) is 7.94. The first-order chi connectivity index (χ1) is 17.9. The molecule has 1 aromatic heterocycles. The van der Waals surface area contributed by atoms with Crippen LogP contribution in [0.5, 0.6) is 0 Å². The van der Waals surface area contributed by atoms with Gasteiger partial charge in [0.05, 0.1) is 16.8 Å². The number of unbranched alkanes of at least 4 members (excludes halogenated alkanes) is 1. The molecule has 0 saturated carbocycles. The maximum Gasteiger partial charge on any atom is 0.323 e. The molecule has 0 saturated heterocycles. The molecule has 0 unspecified atom stereocenters. The zero-order valence-corrected chi connectivity index (χ0v) is 22.0. The largest absolute Gasteiger partial charge is 0.459 e. The molecule has 3 aromatic rings. The lowest BCUT2D eigenvalue weighted by atomic mass is 10.0. The Morgan fingerprint density at radius 2 is 1.66 bits per heavy atom. The number of rotatable bonds is 10. The maximum absolute atomic E-state index is 14.2. The minimum atomic E-state index is -1.01. The van der Waals surface area contributed by atoms with E-state index in [-0.39, 0.29) is 29.0 Å². The van der Waals surface area contributed by atoms with Gasteiger partial charge in [0.2, 0.25) is 0 Å². The predicted molar refractivity (Wildman–Crippen MR) is 142 cm³/mol. The topological polar surface area (TPSA) is 103 Å². The van der Waals surface area contributed by atoms with E-state index in [0.717, 1.165) is 37.0 Å². The predicted octanol–water partition coefficient (Wildman–Crippen LogP) is 4.57. The molecule has 0 spiro atoms. The molecule has 1 heterocycles. The second kappa shape index (κ2) is 12.1. The number of nitrogens with zero attached hydrogens (tertiary/aromatic N) is 1. The fourth-order valence-corrected chi connectivity index (χ4v) is 3.89. The zero-order chi connectivity index (χ0) is 28.0. The average molecular weight is 526 g/mol. The Labute approximate surface area is 220 Å². The Kier molecular flexibility index (Phi) is 9.17. The van der Waals surface area contributed by atoms with Crippen molar-refractivity contribution in [1.29, 1.82) is 0 Å². The van der Waals surface area contributed by atoms with Crippen molar-refractivity contribution >= 4 is 17.6 Å². The smallest absolute Gasteiger partial charge is 0.323 e. The average Bonchev–Trinajstić information content (AvgIpc) is 2.83. The molecule has 2 aromatic carbocycles. The van der Waals surface area contributed by atoms with E-state index in [2.05, 4.69) is 5.32 Å². The zero-order valence-electron chi connectivity index (χ0n) is 22.0. The van der Waals surface area contributed by atoms with E-state index in [1.54, 1.807) is 19.1 Å². The van der Waals surface area contributed by atoms with Crippen LogP contribution in [0, 0.1) is 11.6 Å². The number of hydrogen-bond donors (Lipinski definition) is 2. The summed E-state index contributed by atoms with van der Waals surface area (Å²) in [6, 6.07) is 11.9. The van der Waals surface area contributed by atoms with Crippen LogP contribution in [-0.2, 0) is 16.0 Å². The lowest BCUT2D eigenvalue weighted by Gasteiger charge is -2.22. The summed E-state index contributed by atoms with van der Waals surface area (Å²) < 4.78 is 33.9. The summed E-state index contributed by atoms with van der Waals surface area (Å²) in [5, 5.41) is 3.17. The summed E-state index contributed by atoms with van der Waals surface area (Å²) >= 11 is 0. The van der Waals surface area contributed by atoms with Crippen molar-refractivity contribution < 1.29 is 23.1 Å². The van der Waals surface area contributed by atoms with E-state index in [9.17, 15) is 23.2 Å². The summed E-state index contributed by atoms with van der Waals surface area (Å²) in [5.74, 6) is -2.98. The van der Waals surface area contributed by atoms with Crippen LogP contribution in [0.4, 0.5) is 14.6 Å². The Morgan fingerprint density at radius 1 is 1.00 bits per heavy atom. The number of aryl methyl sites for hydroxylation is 1. The van der Waals surface area contributed by atoms with Gasteiger partial charge in [0.1, 0.15) is 29.1 Å². The Balaban J connectivity index is 1.63. The van der Waals surface area contributed by atoms with E-state index < -0.39 is 28.6 Å². The minimum Gasteiger partial charge on any atom is -0.459 e. The van der Waals surface area contributed by atoms with Gasteiger partial charge in [-0.25, -0.2) is 8.78 Å². The van der Waals surface area contributed by atoms with E-state index in [4.69, 9.17) is 10.5 Å². The fraction of sp³-hybridized carbons (Fsp3) is 0.345. The molecule has 0 fully saturated rings. The first-order valence-electron chi connectivity index (χ1n) is 12.4. The highest BCUT2D eigenvalue weighted by Gasteiger charge is 2.21. The van der Waals surface area contributed by atoms with Crippen LogP contribution in [0.15, 0.2) is 59.4 Å². The van der Waals surface area contributed by atoms with Gasteiger partial charge in [-0.1, -0.05) is 12.1 Å². The molecule has 3 rings (SSSR count). The van der Waals surface area contributed by atoms with Gasteiger partial charge >= 0.3 is 5.97 Å². The number of nitrogens with one attached hydrogen (secondary N) is 1. The Bertz CT molecular complexity index is 1360. The van der Waals surface area contributed by atoms with Crippen LogP contribution < -0.4 is 16.6 Å². The first kappa shape index (κ1) is 28.7. The van der Waals surface area contributed by atoms with Crippen LogP contribution in [0.25, 0.3) is 5.69 Å². The number of halogens is 2. The molecule has 9 heteroatoms. The fourth-order valence-electron chi connectivity index (χ4n) is 3.89. The number of nitrogen functional groups attached to an aromatic ring is 1. The van der Waals surface area contributed by atoms with Crippen molar-refractivity contribution in [3.8, 4) is 5.69 Å². The van der Waals surface area contributed by atoms with Crippen LogP contribution in [0.3, 0.4) is 0 Å². The Hall–Kier alpha value is -3.85. The second-order valence-electron chi connectivity index (χ2n) is 10.1. The third kappa shape index (κ3) is 7.35. The van der Waals surface area contributed by atoms with Crippen molar-refractivity contribution in [2.75, 3.05) is 12.3 Å². The lowest BCUT2D eigenvalue weighted by molar-refractivity contribution is -0.156. The molecule has 0 aliphatic heterocycles. The summed E-state index contributed by atoms with van der Waals surface area (Å²) in [5.41, 5.74) is 6.30. The number of benzene rings is 2. The van der Waals surface area contributed by atoms with E-state index in [1.807, 2.05) is 32.9 Å². The third-order valence-electron chi connectivity index (χ3n) is 5.85. The highest BCUT2D eigenvalue weighted by molar-refractivity contribution is 6.11. The maximum atomic E-state index is 14.2. The van der Waals surface area contributed by atoms with Gasteiger partial charge in [0.25, 0.3) is 5.56 Å². The number of nitrogens with two attached hydrogens (primary N) is 1. The number of esters is 1. The van der Waals surface area contributed by atoms with Gasteiger partial charge in [0.15, 0.2) is 5.78 Å². The number of carbonyl (C=O) groups excluding carboxylic acids is 2. The van der Waals surface area contributed by atoms with Gasteiger partial charge in [-0.05, 0) is 89.4 Å². The van der Waals surface area contributed by atoms with Gasteiger partial charge in [-0.2, -0.15) is 0 Å². The third-order valence-corrected chi connectivity index (χ3v) is 5.85. The summed E-state index contributed by atoms with van der Waals surface area (Å²) in [7, 11) is 0. The lowest BCUT2D eigenvalue weighted by Crippen LogP contribution is -2.39. The molecule has 0 bridgehead atoms. The molecule has 38 heavy (non-hydrogen) atoms. The van der Waals surface area contributed by atoms with Crippen LogP contribution in [0.2, 0.25) is 0 Å². The van der Waals surface area contributed by atoms with Gasteiger partial charge in [-0.15, -0.1) is 0 Å². The molecule has 7 nitrogen and oxygen atoms in total. The van der Waals surface area contributed by atoms with Crippen molar-refractivity contribution in [2.45, 2.75) is 58.6 Å². The van der Waals surface area contributed by atoms with E-state index in [1.165, 1.54) is 16.7 Å². The summed E-state index contributed by atoms with van der Waals surface area (Å²) in [6.07, 6.45) is 2.52. The number of ketones is 1. The molecule has 0 radical (unpaired) electrons. The van der Waals surface area contributed by atoms with E-state index in [0.29, 0.717) is 18.3 Å². The molecule has 0 amide bonds. The number of hydrogen-bond acceptors (Lipinski definition) is 6. The van der Waals surface area contributed by atoms with E-state index >= 15 is 0 Å². The quantitative estimate of drug-likeness (QED) is 0.228. The molecule has 1 atom stereocenters. The first-order valence-corrected chi connectivity index (χ1v) is 12.4. The Morgan fingerprint density at radius 3 is 2.29 bits per heavy atom. The van der Waals surface area contributed by atoms with Crippen molar-refractivity contribution in [1.82, 2.24) is 9.88 Å². The summed E-state index contributed by atoms with van der Waals surface area (Å²) in [4.78, 5) is 37.5. The number of pyridine rings is 1. The van der Waals surface area contributed by atoms with Gasteiger partial charge in [-0.3, -0.25) is 19.0 Å². The number of ether oxygens (including phenoxy) is 1. The van der Waals surface area contributed by atoms with Gasteiger partial charge < -0.3 is 15.8 Å². The molecule has 0 aliphatic rings.